The van der Waals surface area contributed by atoms with Crippen LogP contribution in [0.5, 0.6) is 5.75 Å². The maximum atomic E-state index is 5.63. The number of methoxy groups -OCH3 is 1. The topological polar surface area (TPSA) is 68.6 Å². The molecule has 0 saturated carbocycles. The molecule has 2 aromatic heterocycles. The second kappa shape index (κ2) is 6.68. The lowest BCUT2D eigenvalue weighted by Gasteiger charge is -2.13. The Labute approximate surface area is 144 Å². The van der Waals surface area contributed by atoms with Crippen LogP contribution in [0.15, 0.2) is 35.7 Å². The average Bonchev–Trinajstić information content (AvgIpc) is 3.35. The van der Waals surface area contributed by atoms with Crippen LogP contribution in [0.1, 0.15) is 17.5 Å². The summed E-state index contributed by atoms with van der Waals surface area (Å²) >= 11 is 1.67. The van der Waals surface area contributed by atoms with Gasteiger partial charge in [0.05, 0.1) is 18.9 Å². The van der Waals surface area contributed by atoms with Gasteiger partial charge in [-0.15, -0.1) is 16.9 Å². The van der Waals surface area contributed by atoms with E-state index >= 15 is 0 Å². The third-order valence-corrected chi connectivity index (χ3v) is 5.22. The molecule has 0 atom stereocenters. The summed E-state index contributed by atoms with van der Waals surface area (Å²) in [7, 11) is 1.73. The van der Waals surface area contributed by atoms with Gasteiger partial charge in [-0.3, -0.25) is 0 Å². The second-order valence-electron chi connectivity index (χ2n) is 5.78. The zero-order chi connectivity index (χ0) is 16.4. The summed E-state index contributed by atoms with van der Waals surface area (Å²) < 4.78 is 7.80. The monoisotopic (exact) mass is 341 g/mol. The molecule has 6 nitrogen and oxygen atoms in total. The first kappa shape index (κ1) is 15.3. The van der Waals surface area contributed by atoms with E-state index in [0.29, 0.717) is 0 Å². The minimum atomic E-state index is 0.854. The fraction of sp³-hybridized carbons (Fsp3) is 0.353. The lowest BCUT2D eigenvalue weighted by atomic mass is 10.0. The summed E-state index contributed by atoms with van der Waals surface area (Å²) in [4.78, 5) is 4.58. The number of thioether (sulfide) groups is 1. The molecule has 0 bridgehead atoms. The molecule has 0 radical (unpaired) electrons. The maximum Gasteiger partial charge on any atom is 0.143 e. The van der Waals surface area contributed by atoms with Gasteiger partial charge in [-0.05, 0) is 42.5 Å². The highest BCUT2D eigenvalue weighted by atomic mass is 32.2. The molecule has 4 rings (SSSR count). The van der Waals surface area contributed by atoms with E-state index in [9.17, 15) is 0 Å². The van der Waals surface area contributed by atoms with E-state index in [1.54, 1.807) is 25.1 Å². The van der Waals surface area contributed by atoms with Gasteiger partial charge in [-0.2, -0.15) is 10.3 Å². The van der Waals surface area contributed by atoms with Crippen LogP contribution in [0.3, 0.4) is 0 Å². The first-order valence-corrected chi connectivity index (χ1v) is 9.03. The molecule has 7 heteroatoms. The van der Waals surface area contributed by atoms with Crippen LogP contribution >= 0.6 is 11.8 Å². The molecule has 24 heavy (non-hydrogen) atoms. The number of aromatic nitrogens is 5. The van der Waals surface area contributed by atoms with Crippen molar-refractivity contribution >= 4 is 11.8 Å². The summed E-state index contributed by atoms with van der Waals surface area (Å²) in [6.07, 6.45) is 9.13. The molecule has 0 fully saturated rings. The van der Waals surface area contributed by atoms with E-state index in [1.165, 1.54) is 17.5 Å². The quantitative estimate of drug-likeness (QED) is 0.698. The smallest absolute Gasteiger partial charge is 0.143 e. The predicted octanol–water partition coefficient (Wildman–Crippen LogP) is 2.96. The van der Waals surface area contributed by atoms with Crippen LogP contribution in [0.2, 0.25) is 0 Å². The van der Waals surface area contributed by atoms with Crippen LogP contribution in [-0.4, -0.2) is 37.8 Å². The number of imidazole rings is 1. The van der Waals surface area contributed by atoms with Crippen LogP contribution in [0.25, 0.3) is 11.4 Å². The van der Waals surface area contributed by atoms with Gasteiger partial charge in [0, 0.05) is 24.7 Å². The Morgan fingerprint density at radius 3 is 2.96 bits per heavy atom. The molecule has 0 spiro atoms. The van der Waals surface area contributed by atoms with E-state index in [-0.39, 0.29) is 0 Å². The van der Waals surface area contributed by atoms with Gasteiger partial charge in [-0.25, -0.2) is 4.98 Å². The number of nitrogens with one attached hydrogen (secondary N) is 1. The van der Waals surface area contributed by atoms with Gasteiger partial charge in [-0.1, -0.05) is 0 Å². The van der Waals surface area contributed by atoms with Crippen molar-refractivity contribution in [2.45, 2.75) is 30.8 Å². The third kappa shape index (κ3) is 2.91. The highest BCUT2D eigenvalue weighted by Gasteiger charge is 2.18. The van der Waals surface area contributed by atoms with Crippen molar-refractivity contribution in [1.82, 2.24) is 25.0 Å². The Bertz CT molecular complexity index is 828. The van der Waals surface area contributed by atoms with E-state index in [1.807, 2.05) is 12.4 Å². The van der Waals surface area contributed by atoms with Crippen molar-refractivity contribution in [2.24, 2.45) is 0 Å². The molecule has 0 unspecified atom stereocenters. The molecular weight excluding hydrogens is 322 g/mol. The molecule has 1 aliphatic carbocycles. The van der Waals surface area contributed by atoms with Crippen LogP contribution in [0.4, 0.5) is 0 Å². The van der Waals surface area contributed by atoms with E-state index in [0.717, 1.165) is 47.3 Å². The Morgan fingerprint density at radius 1 is 1.29 bits per heavy atom. The Balaban J connectivity index is 1.58. The second-order valence-corrected chi connectivity index (χ2v) is 6.89. The molecule has 2 heterocycles. The Hall–Kier alpha value is -2.28. The molecule has 124 valence electrons. The molecule has 0 amide bonds. The van der Waals surface area contributed by atoms with Gasteiger partial charge in [0.2, 0.25) is 0 Å². The molecule has 0 saturated heterocycles. The van der Waals surface area contributed by atoms with Crippen molar-refractivity contribution in [3.63, 3.8) is 0 Å². The number of aromatic amines is 1. The van der Waals surface area contributed by atoms with E-state index < -0.39 is 0 Å². The minimum Gasteiger partial charge on any atom is -0.496 e. The number of H-pyrrole nitrogens is 1. The summed E-state index contributed by atoms with van der Waals surface area (Å²) in [5.41, 5.74) is 3.92. The molecular formula is C17H19N5OS. The lowest BCUT2D eigenvalue weighted by molar-refractivity contribution is 0.415. The van der Waals surface area contributed by atoms with Crippen molar-refractivity contribution in [3.8, 4) is 17.1 Å². The molecule has 1 aliphatic rings. The predicted molar refractivity (Wildman–Crippen MR) is 93.3 cm³/mol. The van der Waals surface area contributed by atoms with Gasteiger partial charge in [0.25, 0.3) is 0 Å². The molecule has 0 aliphatic heterocycles. The Kier molecular flexibility index (Phi) is 4.25. The zero-order valence-electron chi connectivity index (χ0n) is 13.5. The van der Waals surface area contributed by atoms with Gasteiger partial charge in [0.1, 0.15) is 16.6 Å². The first-order chi connectivity index (χ1) is 11.8. The van der Waals surface area contributed by atoms with Crippen molar-refractivity contribution in [1.29, 1.82) is 0 Å². The van der Waals surface area contributed by atoms with E-state index in [2.05, 4.69) is 37.1 Å². The number of hydrogen-bond acceptors (Lipinski definition) is 5. The number of aryl methyl sites for hydroxylation is 3. The zero-order valence-corrected chi connectivity index (χ0v) is 14.3. The number of hydrogen-bond donors (Lipinski definition) is 1. The van der Waals surface area contributed by atoms with Crippen molar-refractivity contribution < 1.29 is 4.74 Å². The number of ether oxygens (including phenoxy) is 1. The number of fused-ring (bicyclic) bond motifs is 1. The third-order valence-electron chi connectivity index (χ3n) is 4.35. The van der Waals surface area contributed by atoms with Gasteiger partial charge < -0.3 is 9.30 Å². The van der Waals surface area contributed by atoms with Crippen molar-refractivity contribution in [3.05, 3.63) is 41.9 Å². The summed E-state index contributed by atoms with van der Waals surface area (Å²) in [6, 6.07) is 4.44. The fourth-order valence-corrected chi connectivity index (χ4v) is 3.92. The van der Waals surface area contributed by atoms with Crippen molar-refractivity contribution in [2.75, 3.05) is 12.9 Å². The van der Waals surface area contributed by atoms with Crippen LogP contribution in [-0.2, 0) is 19.4 Å². The number of nitrogens with zero attached hydrogens (tertiary/aromatic N) is 4. The first-order valence-electron chi connectivity index (χ1n) is 8.05. The lowest BCUT2D eigenvalue weighted by Crippen LogP contribution is -2.03. The van der Waals surface area contributed by atoms with Crippen LogP contribution in [0, 0.1) is 0 Å². The molecule has 1 aromatic carbocycles. The maximum absolute atomic E-state index is 5.63. The summed E-state index contributed by atoms with van der Waals surface area (Å²) in [6.45, 7) is 0.854. The largest absolute Gasteiger partial charge is 0.496 e. The SMILES string of the molecule is COc1cc2c(cc1-c1nccn1CCSc1cn[nH]n1)CCC2. The average molecular weight is 341 g/mol. The van der Waals surface area contributed by atoms with Gasteiger partial charge in [0.15, 0.2) is 0 Å². The fourth-order valence-electron chi connectivity index (χ4n) is 3.19. The molecule has 3 aromatic rings. The highest BCUT2D eigenvalue weighted by Crippen LogP contribution is 2.35. The minimum absolute atomic E-state index is 0.854. The number of rotatable bonds is 6. The normalized spacial score (nSPS) is 13.2. The summed E-state index contributed by atoms with van der Waals surface area (Å²) in [5, 5.41) is 11.4. The molecule has 1 N–H and O–H groups in total. The van der Waals surface area contributed by atoms with E-state index in [4.69, 9.17) is 4.74 Å². The van der Waals surface area contributed by atoms with Gasteiger partial charge >= 0.3 is 0 Å². The van der Waals surface area contributed by atoms with Crippen LogP contribution < -0.4 is 4.74 Å². The number of benzene rings is 1. The standard InChI is InChI=1S/C17H19N5OS/c1-23-15-10-13-4-2-3-12(13)9-14(15)17-18-5-6-22(17)7-8-24-16-11-19-21-20-16/h5-6,9-11H,2-4,7-8H2,1H3,(H,19,20,21). The Morgan fingerprint density at radius 2 is 2.17 bits per heavy atom. The summed E-state index contributed by atoms with van der Waals surface area (Å²) in [5.74, 6) is 2.78. The highest BCUT2D eigenvalue weighted by molar-refractivity contribution is 7.99.